The summed E-state index contributed by atoms with van der Waals surface area (Å²) in [6.45, 7) is 2.47. The predicted octanol–water partition coefficient (Wildman–Crippen LogP) is 6.23. The molecule has 1 N–H and O–H groups in total. The third-order valence-corrected chi connectivity index (χ3v) is 8.25. The van der Waals surface area contributed by atoms with Crippen molar-refractivity contribution in [1.82, 2.24) is 25.1 Å². The maximum atomic E-state index is 12.7. The zero-order valence-electron chi connectivity index (χ0n) is 22.0. The van der Waals surface area contributed by atoms with Crippen LogP contribution in [0, 0.1) is 6.92 Å². The lowest BCUT2D eigenvalue weighted by Gasteiger charge is -2.12. The normalized spacial score (nSPS) is 11.0. The highest BCUT2D eigenvalue weighted by molar-refractivity contribution is 7.98. The second-order valence-electron chi connectivity index (χ2n) is 8.66. The monoisotopic (exact) mass is 595 g/mol. The number of thiazole rings is 1. The molecular weight excluding hydrogens is 570 g/mol. The number of thioether (sulfide) groups is 1. The zero-order valence-corrected chi connectivity index (χ0v) is 24.4. The average Bonchev–Trinajstić information content (AvgIpc) is 3.74. The topological polar surface area (TPSA) is 104 Å². The molecule has 0 fully saturated rings. The van der Waals surface area contributed by atoms with E-state index in [0.717, 1.165) is 21.8 Å². The van der Waals surface area contributed by atoms with Gasteiger partial charge in [0, 0.05) is 16.9 Å². The fourth-order valence-corrected chi connectivity index (χ4v) is 5.93. The maximum absolute atomic E-state index is 12.7. The number of hydrogen-bond donors (Lipinski definition) is 1. The summed E-state index contributed by atoms with van der Waals surface area (Å²) in [7, 11) is 3.20. The average molecular weight is 596 g/mol. The fraction of sp³-hybridized carbons (Fsp3) is 0.214. The van der Waals surface area contributed by atoms with Crippen LogP contribution in [0.15, 0.2) is 69.7 Å². The Morgan fingerprint density at radius 3 is 2.75 bits per heavy atom. The van der Waals surface area contributed by atoms with Gasteiger partial charge in [-0.3, -0.25) is 9.36 Å². The number of halogens is 1. The van der Waals surface area contributed by atoms with Gasteiger partial charge in [0.15, 0.2) is 22.4 Å². The van der Waals surface area contributed by atoms with Crippen LogP contribution in [0.2, 0.25) is 5.02 Å². The maximum Gasteiger partial charge on any atom is 0.270 e. The number of amides is 1. The number of aryl methyl sites for hydroxylation is 1. The van der Waals surface area contributed by atoms with E-state index in [1.807, 2.05) is 60.0 Å². The highest BCUT2D eigenvalue weighted by Gasteiger charge is 2.20. The third-order valence-electron chi connectivity index (χ3n) is 6.04. The van der Waals surface area contributed by atoms with E-state index in [1.165, 1.54) is 23.1 Å². The van der Waals surface area contributed by atoms with Crippen molar-refractivity contribution in [2.45, 2.75) is 24.3 Å². The highest BCUT2D eigenvalue weighted by atomic mass is 35.5. The van der Waals surface area contributed by atoms with Crippen LogP contribution in [0.25, 0.3) is 17.3 Å². The van der Waals surface area contributed by atoms with Gasteiger partial charge in [-0.05, 0) is 60.9 Å². The van der Waals surface area contributed by atoms with Crippen molar-refractivity contribution in [2.24, 2.45) is 0 Å². The van der Waals surface area contributed by atoms with Gasteiger partial charge in [0.2, 0.25) is 5.82 Å². The Balaban J connectivity index is 1.25. The molecule has 0 aliphatic carbocycles. The van der Waals surface area contributed by atoms with Crippen molar-refractivity contribution in [2.75, 3.05) is 20.8 Å². The van der Waals surface area contributed by atoms with Crippen molar-refractivity contribution in [3.05, 3.63) is 87.0 Å². The lowest BCUT2D eigenvalue weighted by atomic mass is 10.1. The standard InChI is InChI=1S/C28H26ClN5O4S2/c1-17-6-8-19(29)14-21(17)34-26(23-5-4-12-38-23)32-33-28(34)40-16-25-31-20(15-39-25)27(35)30-11-10-18-7-9-22(36-2)24(13-18)37-3/h4-9,12-15H,10-11,16H2,1-3H3,(H,30,35). The number of rotatable bonds is 11. The van der Waals surface area contributed by atoms with E-state index < -0.39 is 0 Å². The molecule has 12 heteroatoms. The van der Waals surface area contributed by atoms with Gasteiger partial charge in [0.25, 0.3) is 5.91 Å². The first kappa shape index (κ1) is 27.8. The van der Waals surface area contributed by atoms with Crippen LogP contribution < -0.4 is 14.8 Å². The van der Waals surface area contributed by atoms with Gasteiger partial charge in [-0.15, -0.1) is 21.5 Å². The van der Waals surface area contributed by atoms with Gasteiger partial charge in [0.05, 0.1) is 31.9 Å². The van der Waals surface area contributed by atoms with Gasteiger partial charge in [-0.25, -0.2) is 4.98 Å². The number of carbonyl (C=O) groups is 1. The molecule has 9 nitrogen and oxygen atoms in total. The Morgan fingerprint density at radius 1 is 1.12 bits per heavy atom. The number of carbonyl (C=O) groups excluding carboxylic acids is 1. The minimum Gasteiger partial charge on any atom is -0.493 e. The molecule has 0 atom stereocenters. The van der Waals surface area contributed by atoms with Gasteiger partial charge >= 0.3 is 0 Å². The smallest absolute Gasteiger partial charge is 0.270 e. The number of methoxy groups -OCH3 is 2. The molecule has 1 amide bonds. The predicted molar refractivity (Wildman–Crippen MR) is 156 cm³/mol. The van der Waals surface area contributed by atoms with E-state index in [1.54, 1.807) is 25.9 Å². The zero-order chi connectivity index (χ0) is 28.1. The Bertz CT molecular complexity index is 1620. The van der Waals surface area contributed by atoms with E-state index in [0.29, 0.717) is 57.7 Å². The summed E-state index contributed by atoms with van der Waals surface area (Å²) in [5, 5.41) is 15.6. The molecule has 0 unspecified atom stereocenters. The summed E-state index contributed by atoms with van der Waals surface area (Å²) in [6.07, 6.45) is 2.25. The lowest BCUT2D eigenvalue weighted by molar-refractivity contribution is 0.0949. The van der Waals surface area contributed by atoms with Crippen molar-refractivity contribution < 1.29 is 18.7 Å². The van der Waals surface area contributed by atoms with E-state index >= 15 is 0 Å². The number of ether oxygens (including phenoxy) is 2. The first-order valence-corrected chi connectivity index (χ1v) is 14.5. The Hall–Kier alpha value is -3.80. The number of nitrogens with zero attached hydrogens (tertiary/aromatic N) is 4. The fourth-order valence-electron chi connectivity index (χ4n) is 4.02. The van der Waals surface area contributed by atoms with Crippen molar-refractivity contribution >= 4 is 40.6 Å². The second kappa shape index (κ2) is 12.6. The SMILES string of the molecule is COc1ccc(CCNC(=O)c2csc(CSc3nnc(-c4ccco4)n3-c3cc(Cl)ccc3C)n2)cc1OC. The molecule has 0 saturated carbocycles. The molecule has 5 rings (SSSR count). The minimum absolute atomic E-state index is 0.217. The van der Waals surface area contributed by atoms with Gasteiger partial charge < -0.3 is 19.2 Å². The highest BCUT2D eigenvalue weighted by Crippen LogP contribution is 2.33. The van der Waals surface area contributed by atoms with Gasteiger partial charge in [-0.2, -0.15) is 0 Å². The molecule has 2 aromatic carbocycles. The quantitative estimate of drug-likeness (QED) is 0.179. The lowest BCUT2D eigenvalue weighted by Crippen LogP contribution is -2.26. The van der Waals surface area contributed by atoms with Gasteiger partial charge in [-0.1, -0.05) is 35.5 Å². The number of furan rings is 1. The van der Waals surface area contributed by atoms with Crippen LogP contribution in [-0.2, 0) is 12.2 Å². The van der Waals surface area contributed by atoms with Crippen LogP contribution in [0.4, 0.5) is 0 Å². The second-order valence-corrected chi connectivity index (χ2v) is 11.0. The van der Waals surface area contributed by atoms with Crippen LogP contribution in [0.5, 0.6) is 11.5 Å². The Labute approximate surface area is 244 Å². The molecule has 0 radical (unpaired) electrons. The van der Waals surface area contributed by atoms with E-state index in [2.05, 4.69) is 20.5 Å². The van der Waals surface area contributed by atoms with Crippen LogP contribution in [0.3, 0.4) is 0 Å². The molecule has 3 aromatic heterocycles. The summed E-state index contributed by atoms with van der Waals surface area (Å²) in [4.78, 5) is 17.3. The summed E-state index contributed by atoms with van der Waals surface area (Å²) >= 11 is 9.22. The number of benzene rings is 2. The molecule has 5 aromatic rings. The molecule has 206 valence electrons. The first-order valence-electron chi connectivity index (χ1n) is 12.3. The summed E-state index contributed by atoms with van der Waals surface area (Å²) < 4.78 is 18.2. The minimum atomic E-state index is -0.217. The van der Waals surface area contributed by atoms with Crippen LogP contribution in [0.1, 0.15) is 26.6 Å². The van der Waals surface area contributed by atoms with Crippen molar-refractivity contribution in [3.63, 3.8) is 0 Å². The van der Waals surface area contributed by atoms with Crippen LogP contribution in [-0.4, -0.2) is 46.4 Å². The number of nitrogens with one attached hydrogen (secondary N) is 1. The van der Waals surface area contributed by atoms with Gasteiger partial charge in [0.1, 0.15) is 10.7 Å². The Kier molecular flexibility index (Phi) is 8.73. The van der Waals surface area contributed by atoms with E-state index in [-0.39, 0.29) is 5.91 Å². The van der Waals surface area contributed by atoms with Crippen molar-refractivity contribution in [3.8, 4) is 28.8 Å². The Morgan fingerprint density at radius 2 is 1.98 bits per heavy atom. The van der Waals surface area contributed by atoms with E-state index in [9.17, 15) is 4.79 Å². The molecule has 40 heavy (non-hydrogen) atoms. The molecule has 3 heterocycles. The summed E-state index contributed by atoms with van der Waals surface area (Å²) in [5.41, 5.74) is 3.29. The van der Waals surface area contributed by atoms with Crippen LogP contribution >= 0.6 is 34.7 Å². The molecular formula is C28H26ClN5O4S2. The largest absolute Gasteiger partial charge is 0.493 e. The van der Waals surface area contributed by atoms with Crippen molar-refractivity contribution in [1.29, 1.82) is 0 Å². The molecule has 0 spiro atoms. The summed E-state index contributed by atoms with van der Waals surface area (Å²) in [6, 6.07) is 15.0. The third kappa shape index (κ3) is 6.16. The molecule has 0 aliphatic rings. The molecule has 0 saturated heterocycles. The number of aromatic nitrogens is 4. The number of hydrogen-bond acceptors (Lipinski definition) is 9. The molecule has 0 bridgehead atoms. The first-order chi connectivity index (χ1) is 19.5. The van der Waals surface area contributed by atoms with E-state index in [4.69, 9.17) is 25.5 Å². The molecule has 0 aliphatic heterocycles. The summed E-state index contributed by atoms with van der Waals surface area (Å²) in [5.74, 6) is 2.80.